The fourth-order valence-electron chi connectivity index (χ4n) is 1.87. The van der Waals surface area contributed by atoms with Gasteiger partial charge in [0.2, 0.25) is 0 Å². The van der Waals surface area contributed by atoms with E-state index in [4.69, 9.17) is 11.6 Å². The van der Waals surface area contributed by atoms with Gasteiger partial charge in [0.25, 0.3) is 10.0 Å². The zero-order valence-electron chi connectivity index (χ0n) is 11.1. The molecular weight excluding hydrogens is 317 g/mol. The molecule has 2 aromatic carbocycles. The van der Waals surface area contributed by atoms with Crippen LogP contribution in [0, 0.1) is 12.7 Å². The molecule has 0 fully saturated rings. The van der Waals surface area contributed by atoms with Gasteiger partial charge in [-0.3, -0.25) is 4.72 Å². The van der Waals surface area contributed by atoms with Gasteiger partial charge < -0.3 is 5.11 Å². The van der Waals surface area contributed by atoms with E-state index >= 15 is 0 Å². The first-order valence-corrected chi connectivity index (χ1v) is 7.88. The van der Waals surface area contributed by atoms with Gasteiger partial charge in [0, 0.05) is 10.6 Å². The lowest BCUT2D eigenvalue weighted by Crippen LogP contribution is -2.16. The molecule has 0 radical (unpaired) electrons. The first-order valence-electron chi connectivity index (χ1n) is 6.02. The van der Waals surface area contributed by atoms with Crippen LogP contribution >= 0.6 is 11.6 Å². The van der Waals surface area contributed by atoms with Crippen molar-refractivity contribution >= 4 is 27.3 Å². The Labute approximate surface area is 127 Å². The molecule has 2 aromatic rings. The zero-order valence-corrected chi connectivity index (χ0v) is 12.7. The van der Waals surface area contributed by atoms with Crippen LogP contribution in [0.1, 0.15) is 11.1 Å². The number of para-hydroxylation sites is 1. The number of hydrogen-bond donors (Lipinski definition) is 2. The van der Waals surface area contributed by atoms with Crippen LogP contribution in [-0.4, -0.2) is 13.5 Å². The molecule has 0 aliphatic rings. The van der Waals surface area contributed by atoms with Gasteiger partial charge >= 0.3 is 0 Å². The predicted molar refractivity (Wildman–Crippen MR) is 79.3 cm³/mol. The Morgan fingerprint density at radius 1 is 1.29 bits per heavy atom. The number of benzene rings is 2. The molecule has 0 atom stereocenters. The van der Waals surface area contributed by atoms with Gasteiger partial charge in [-0.2, -0.15) is 0 Å². The van der Waals surface area contributed by atoms with Crippen molar-refractivity contribution in [3.63, 3.8) is 0 Å². The summed E-state index contributed by atoms with van der Waals surface area (Å²) in [6, 6.07) is 8.36. The molecule has 0 aromatic heterocycles. The molecule has 0 amide bonds. The number of aryl methyl sites for hydroxylation is 1. The largest absolute Gasteiger partial charge is 0.392 e. The molecule has 21 heavy (non-hydrogen) atoms. The number of halogens is 2. The molecule has 0 bridgehead atoms. The van der Waals surface area contributed by atoms with Crippen molar-refractivity contribution in [3.8, 4) is 0 Å². The Bertz CT molecular complexity index is 778. The van der Waals surface area contributed by atoms with E-state index in [-0.39, 0.29) is 21.2 Å². The van der Waals surface area contributed by atoms with Crippen LogP contribution in [0.4, 0.5) is 10.1 Å². The maximum absolute atomic E-state index is 13.8. The fourth-order valence-corrected chi connectivity index (χ4v) is 3.49. The van der Waals surface area contributed by atoms with E-state index in [1.54, 1.807) is 19.1 Å². The molecule has 2 N–H and O–H groups in total. The van der Waals surface area contributed by atoms with Crippen LogP contribution in [0.3, 0.4) is 0 Å². The highest BCUT2D eigenvalue weighted by Gasteiger charge is 2.20. The third-order valence-electron chi connectivity index (χ3n) is 2.95. The van der Waals surface area contributed by atoms with Crippen LogP contribution in [0.5, 0.6) is 0 Å². The lowest BCUT2D eigenvalue weighted by molar-refractivity contribution is 0.282. The van der Waals surface area contributed by atoms with Gasteiger partial charge in [0.15, 0.2) is 0 Å². The second-order valence-corrected chi connectivity index (χ2v) is 6.53. The monoisotopic (exact) mass is 329 g/mol. The van der Waals surface area contributed by atoms with Crippen molar-refractivity contribution in [2.75, 3.05) is 4.72 Å². The lowest BCUT2D eigenvalue weighted by Gasteiger charge is -2.14. The quantitative estimate of drug-likeness (QED) is 0.906. The molecule has 4 nitrogen and oxygen atoms in total. The molecule has 0 aliphatic carbocycles. The second kappa shape index (κ2) is 6.01. The third kappa shape index (κ3) is 3.34. The maximum atomic E-state index is 13.8. The van der Waals surface area contributed by atoms with E-state index in [0.717, 1.165) is 6.07 Å². The van der Waals surface area contributed by atoms with E-state index in [1.165, 1.54) is 18.2 Å². The summed E-state index contributed by atoms with van der Waals surface area (Å²) in [5.41, 5.74) is 0.367. The number of aliphatic hydroxyl groups excluding tert-OH is 1. The average Bonchev–Trinajstić information content (AvgIpc) is 2.43. The van der Waals surface area contributed by atoms with Crippen LogP contribution < -0.4 is 4.72 Å². The summed E-state index contributed by atoms with van der Waals surface area (Å²) in [5.74, 6) is -0.759. The SMILES string of the molecule is Cc1ccc(Cl)cc1S(=O)(=O)Nc1c(F)cccc1CO. The lowest BCUT2D eigenvalue weighted by atomic mass is 10.2. The summed E-state index contributed by atoms with van der Waals surface area (Å²) in [7, 11) is -4.01. The van der Waals surface area contributed by atoms with E-state index < -0.39 is 22.4 Å². The first-order chi connectivity index (χ1) is 9.85. The highest BCUT2D eigenvalue weighted by Crippen LogP contribution is 2.26. The molecular formula is C14H13ClFNO3S. The predicted octanol–water partition coefficient (Wildman–Crippen LogP) is 3.08. The van der Waals surface area contributed by atoms with Gasteiger partial charge in [-0.05, 0) is 30.7 Å². The van der Waals surface area contributed by atoms with Crippen LogP contribution in [-0.2, 0) is 16.6 Å². The van der Waals surface area contributed by atoms with Gasteiger partial charge in [-0.15, -0.1) is 0 Å². The van der Waals surface area contributed by atoms with E-state index in [9.17, 15) is 17.9 Å². The smallest absolute Gasteiger partial charge is 0.262 e. The van der Waals surface area contributed by atoms with Crippen LogP contribution in [0.25, 0.3) is 0 Å². The van der Waals surface area contributed by atoms with E-state index in [2.05, 4.69) is 4.72 Å². The third-order valence-corrected chi connectivity index (χ3v) is 4.67. The molecule has 0 spiro atoms. The summed E-state index contributed by atoms with van der Waals surface area (Å²) in [4.78, 5) is -0.0397. The van der Waals surface area contributed by atoms with Crippen molar-refractivity contribution in [2.45, 2.75) is 18.4 Å². The summed E-state index contributed by atoms with van der Waals surface area (Å²) < 4.78 is 40.7. The Morgan fingerprint density at radius 2 is 2.00 bits per heavy atom. The van der Waals surface area contributed by atoms with Crippen molar-refractivity contribution in [1.82, 2.24) is 0 Å². The Kier molecular flexibility index (Phi) is 4.51. The molecule has 0 saturated carbocycles. The van der Waals surface area contributed by atoms with E-state index in [0.29, 0.717) is 5.56 Å². The number of hydrogen-bond acceptors (Lipinski definition) is 3. The highest BCUT2D eigenvalue weighted by atomic mass is 35.5. The van der Waals surface area contributed by atoms with Crippen LogP contribution in [0.2, 0.25) is 5.02 Å². The van der Waals surface area contributed by atoms with Gasteiger partial charge in [0.1, 0.15) is 5.82 Å². The van der Waals surface area contributed by atoms with E-state index in [1.807, 2.05) is 0 Å². The summed E-state index contributed by atoms with van der Waals surface area (Å²) in [6.45, 7) is 1.13. The minimum Gasteiger partial charge on any atom is -0.392 e. The zero-order chi connectivity index (χ0) is 15.6. The van der Waals surface area contributed by atoms with Crippen molar-refractivity contribution < 1.29 is 17.9 Å². The Balaban J connectivity index is 2.50. The highest BCUT2D eigenvalue weighted by molar-refractivity contribution is 7.92. The minimum absolute atomic E-state index is 0.0397. The minimum atomic E-state index is -4.01. The standard InChI is InChI=1S/C14H13ClFNO3S/c1-9-5-6-11(15)7-13(9)21(19,20)17-14-10(8-18)3-2-4-12(14)16/h2-7,17-18H,8H2,1H3. The molecule has 0 unspecified atom stereocenters. The Hall–Kier alpha value is -1.63. The topological polar surface area (TPSA) is 66.4 Å². The van der Waals surface area contributed by atoms with Crippen molar-refractivity contribution in [1.29, 1.82) is 0 Å². The average molecular weight is 330 g/mol. The van der Waals surface area contributed by atoms with Crippen molar-refractivity contribution in [2.24, 2.45) is 0 Å². The molecule has 0 heterocycles. The molecule has 112 valence electrons. The maximum Gasteiger partial charge on any atom is 0.262 e. The fraction of sp³-hybridized carbons (Fsp3) is 0.143. The number of sulfonamides is 1. The number of rotatable bonds is 4. The van der Waals surface area contributed by atoms with Gasteiger partial charge in [-0.1, -0.05) is 29.8 Å². The molecule has 2 rings (SSSR count). The van der Waals surface area contributed by atoms with Crippen molar-refractivity contribution in [3.05, 3.63) is 58.4 Å². The second-order valence-electron chi connectivity index (χ2n) is 4.45. The number of anilines is 1. The molecule has 7 heteroatoms. The van der Waals surface area contributed by atoms with Gasteiger partial charge in [0.05, 0.1) is 17.2 Å². The molecule has 0 saturated heterocycles. The molecule has 0 aliphatic heterocycles. The number of aliphatic hydroxyl groups is 1. The number of nitrogens with one attached hydrogen (secondary N) is 1. The Morgan fingerprint density at radius 3 is 2.67 bits per heavy atom. The normalized spacial score (nSPS) is 11.4. The van der Waals surface area contributed by atoms with Crippen LogP contribution in [0.15, 0.2) is 41.3 Å². The summed E-state index contributed by atoms with van der Waals surface area (Å²) >= 11 is 5.81. The summed E-state index contributed by atoms with van der Waals surface area (Å²) in [5, 5.41) is 9.45. The van der Waals surface area contributed by atoms with Gasteiger partial charge in [-0.25, -0.2) is 12.8 Å². The summed E-state index contributed by atoms with van der Waals surface area (Å²) in [6.07, 6.45) is 0. The first kappa shape index (κ1) is 15.8.